The Morgan fingerprint density at radius 3 is 2.73 bits per heavy atom. The van der Waals surface area contributed by atoms with Crippen molar-refractivity contribution in [3.8, 4) is 0 Å². The number of hydrogen-bond donors (Lipinski definition) is 0. The number of ether oxygens (including phenoxy) is 1. The summed E-state index contributed by atoms with van der Waals surface area (Å²) >= 11 is 0. The van der Waals surface area contributed by atoms with E-state index < -0.39 is 0 Å². The van der Waals surface area contributed by atoms with E-state index in [1.807, 2.05) is 0 Å². The molecular weight excluding hydrogens is 188 g/mol. The summed E-state index contributed by atoms with van der Waals surface area (Å²) in [5.41, 5.74) is 0. The summed E-state index contributed by atoms with van der Waals surface area (Å²) in [6, 6.07) is 1.65. The van der Waals surface area contributed by atoms with Crippen LogP contribution in [-0.2, 0) is 4.74 Å². The highest BCUT2D eigenvalue weighted by atomic mass is 16.5. The normalized spacial score (nSPS) is 39.0. The van der Waals surface area contributed by atoms with Crippen LogP contribution in [0.2, 0.25) is 0 Å². The van der Waals surface area contributed by atoms with Gasteiger partial charge in [0.05, 0.1) is 19.3 Å². The second kappa shape index (κ2) is 4.04. The average Bonchev–Trinajstić information content (AvgIpc) is 2.57. The first-order chi connectivity index (χ1) is 7.38. The van der Waals surface area contributed by atoms with Crippen LogP contribution in [0.5, 0.6) is 0 Å². The van der Waals surface area contributed by atoms with Gasteiger partial charge in [-0.2, -0.15) is 0 Å². The second-order valence-corrected chi connectivity index (χ2v) is 5.22. The highest BCUT2D eigenvalue weighted by Gasteiger charge is 2.40. The summed E-state index contributed by atoms with van der Waals surface area (Å²) in [5, 5.41) is 0. The molecule has 86 valence electrons. The summed E-state index contributed by atoms with van der Waals surface area (Å²) < 4.78 is 5.29. The van der Waals surface area contributed by atoms with Gasteiger partial charge in [0.2, 0.25) is 0 Å². The molecule has 0 amide bonds. The summed E-state index contributed by atoms with van der Waals surface area (Å²) in [4.78, 5) is 5.35. The third-order valence-electron chi connectivity index (χ3n) is 4.52. The predicted octanol–water partition coefficient (Wildman–Crippen LogP) is 0.801. The van der Waals surface area contributed by atoms with Gasteiger partial charge in [0.15, 0.2) is 0 Å². The molecule has 2 atom stereocenters. The van der Waals surface area contributed by atoms with Crippen LogP contribution < -0.4 is 0 Å². The number of piperidine rings is 1. The van der Waals surface area contributed by atoms with Gasteiger partial charge in [0.1, 0.15) is 0 Å². The zero-order valence-electron chi connectivity index (χ0n) is 9.69. The van der Waals surface area contributed by atoms with Crippen molar-refractivity contribution in [2.24, 2.45) is 5.92 Å². The molecule has 3 saturated heterocycles. The van der Waals surface area contributed by atoms with Crippen LogP contribution in [0.4, 0.5) is 0 Å². The zero-order valence-corrected chi connectivity index (χ0v) is 9.69. The number of rotatable bonds is 2. The fourth-order valence-electron chi connectivity index (χ4n) is 3.47. The quantitative estimate of drug-likeness (QED) is 0.670. The fraction of sp³-hybridized carbons (Fsp3) is 1.00. The predicted molar refractivity (Wildman–Crippen MR) is 59.9 cm³/mol. The summed E-state index contributed by atoms with van der Waals surface area (Å²) in [6.45, 7) is 9.47. The largest absolute Gasteiger partial charge is 0.378 e. The van der Waals surface area contributed by atoms with E-state index in [9.17, 15) is 0 Å². The molecule has 0 radical (unpaired) electrons. The molecule has 3 fully saturated rings. The van der Waals surface area contributed by atoms with E-state index in [4.69, 9.17) is 4.74 Å². The van der Waals surface area contributed by atoms with Crippen molar-refractivity contribution in [1.29, 1.82) is 0 Å². The summed E-state index contributed by atoms with van der Waals surface area (Å²) in [5.74, 6) is 0.944. The van der Waals surface area contributed by atoms with E-state index in [0.29, 0.717) is 0 Å². The smallest absolute Gasteiger partial charge is 0.0645 e. The van der Waals surface area contributed by atoms with Crippen LogP contribution in [0.1, 0.15) is 19.8 Å². The van der Waals surface area contributed by atoms with Crippen LogP contribution in [0.25, 0.3) is 0 Å². The molecule has 15 heavy (non-hydrogen) atoms. The van der Waals surface area contributed by atoms with Crippen LogP contribution in [-0.4, -0.2) is 61.3 Å². The Hall–Kier alpha value is -0.120. The number of hydrogen-bond acceptors (Lipinski definition) is 3. The molecule has 0 aromatic rings. The van der Waals surface area contributed by atoms with Gasteiger partial charge in [-0.3, -0.25) is 4.90 Å². The lowest BCUT2D eigenvalue weighted by Crippen LogP contribution is -2.55. The fourth-order valence-corrected chi connectivity index (χ4v) is 3.47. The van der Waals surface area contributed by atoms with Crippen LogP contribution in [0, 0.1) is 5.92 Å². The second-order valence-electron chi connectivity index (χ2n) is 5.22. The Kier molecular flexibility index (Phi) is 2.71. The van der Waals surface area contributed by atoms with Gasteiger partial charge in [-0.15, -0.1) is 0 Å². The van der Waals surface area contributed by atoms with Gasteiger partial charge in [-0.05, 0) is 31.8 Å². The first kappa shape index (κ1) is 10.1. The van der Waals surface area contributed by atoms with Gasteiger partial charge in [0, 0.05) is 19.1 Å². The van der Waals surface area contributed by atoms with Crippen molar-refractivity contribution in [2.75, 3.05) is 39.4 Å². The molecule has 3 aliphatic heterocycles. The highest BCUT2D eigenvalue weighted by molar-refractivity contribution is 4.94. The maximum atomic E-state index is 5.29. The van der Waals surface area contributed by atoms with Gasteiger partial charge >= 0.3 is 0 Å². The number of fused-ring (bicyclic) bond motifs is 1. The van der Waals surface area contributed by atoms with Crippen molar-refractivity contribution in [3.63, 3.8) is 0 Å². The van der Waals surface area contributed by atoms with Gasteiger partial charge in [-0.1, -0.05) is 6.92 Å². The molecule has 3 heteroatoms. The third kappa shape index (κ3) is 1.71. The minimum absolute atomic E-state index is 0.752. The Balaban J connectivity index is 1.60. The molecule has 0 N–H and O–H groups in total. The van der Waals surface area contributed by atoms with E-state index in [1.54, 1.807) is 0 Å². The minimum Gasteiger partial charge on any atom is -0.378 e. The van der Waals surface area contributed by atoms with Crippen LogP contribution in [0.15, 0.2) is 0 Å². The molecule has 3 nitrogen and oxygen atoms in total. The summed E-state index contributed by atoms with van der Waals surface area (Å²) in [6.07, 6.45) is 2.80. The Bertz CT molecular complexity index is 230. The van der Waals surface area contributed by atoms with Crippen molar-refractivity contribution in [3.05, 3.63) is 0 Å². The molecule has 0 aromatic heterocycles. The topological polar surface area (TPSA) is 15.7 Å². The Morgan fingerprint density at radius 2 is 2.07 bits per heavy atom. The Morgan fingerprint density at radius 1 is 1.20 bits per heavy atom. The van der Waals surface area contributed by atoms with E-state index in [2.05, 4.69) is 16.7 Å². The van der Waals surface area contributed by atoms with Crippen molar-refractivity contribution >= 4 is 0 Å². The van der Waals surface area contributed by atoms with E-state index in [0.717, 1.165) is 31.2 Å². The molecular formula is C12H22N2O. The lowest BCUT2D eigenvalue weighted by atomic mass is 9.91. The molecule has 0 spiro atoms. The molecule has 0 bridgehead atoms. The molecule has 0 aromatic carbocycles. The maximum absolute atomic E-state index is 5.29. The van der Waals surface area contributed by atoms with E-state index in [-0.39, 0.29) is 0 Å². The van der Waals surface area contributed by atoms with Gasteiger partial charge in [-0.25, -0.2) is 0 Å². The van der Waals surface area contributed by atoms with Crippen LogP contribution in [0.3, 0.4) is 0 Å². The molecule has 3 rings (SSSR count). The van der Waals surface area contributed by atoms with E-state index in [1.165, 1.54) is 39.0 Å². The molecule has 1 unspecified atom stereocenters. The standard InChI is InChI=1S/C12H22N2O/c1-2-13-5-3-10-7-14(6-4-12(10)13)11-8-15-9-11/h10-12H,2-9H2,1H3/t10?,12-/m0/s1. The monoisotopic (exact) mass is 210 g/mol. The van der Waals surface area contributed by atoms with Gasteiger partial charge < -0.3 is 9.64 Å². The lowest BCUT2D eigenvalue weighted by Gasteiger charge is -2.44. The average molecular weight is 210 g/mol. The van der Waals surface area contributed by atoms with Crippen molar-refractivity contribution in [2.45, 2.75) is 31.8 Å². The highest BCUT2D eigenvalue weighted by Crippen LogP contribution is 2.32. The Labute approximate surface area is 92.4 Å². The van der Waals surface area contributed by atoms with E-state index >= 15 is 0 Å². The molecule has 3 aliphatic rings. The van der Waals surface area contributed by atoms with Crippen LogP contribution >= 0.6 is 0 Å². The molecule has 0 aliphatic carbocycles. The third-order valence-corrected chi connectivity index (χ3v) is 4.52. The molecule has 3 heterocycles. The minimum atomic E-state index is 0.752. The molecule has 0 saturated carbocycles. The number of likely N-dealkylation sites (tertiary alicyclic amines) is 2. The summed E-state index contributed by atoms with van der Waals surface area (Å²) in [7, 11) is 0. The van der Waals surface area contributed by atoms with Gasteiger partial charge in [0.25, 0.3) is 0 Å². The van der Waals surface area contributed by atoms with Crippen molar-refractivity contribution in [1.82, 2.24) is 9.80 Å². The maximum Gasteiger partial charge on any atom is 0.0645 e. The first-order valence-electron chi connectivity index (χ1n) is 6.44. The van der Waals surface area contributed by atoms with Crippen molar-refractivity contribution < 1.29 is 4.74 Å². The SMILES string of the molecule is CCN1CCC2CN(C3COC3)CC[C@@H]21. The lowest BCUT2D eigenvalue weighted by molar-refractivity contribution is -0.0803. The zero-order chi connectivity index (χ0) is 10.3. The first-order valence-corrected chi connectivity index (χ1v) is 6.44. The number of nitrogens with zero attached hydrogens (tertiary/aromatic N) is 2.